The fourth-order valence-electron chi connectivity index (χ4n) is 4.12. The van der Waals surface area contributed by atoms with E-state index in [0.717, 1.165) is 60.0 Å². The average Bonchev–Trinajstić information content (AvgIpc) is 2.88. The molecule has 0 N–H and O–H groups in total. The minimum atomic E-state index is -0.0205. The maximum atomic E-state index is 13.4. The third-order valence-corrected chi connectivity index (χ3v) is 7.80. The molecule has 2 aromatic heterocycles. The number of aromatic nitrogens is 2. The summed E-state index contributed by atoms with van der Waals surface area (Å²) >= 11 is 3.15. The number of aryl methyl sites for hydroxylation is 2. The SMILES string of the molecule is Cc1c(C(=O)N2CCSc3ccccc32)sc2nc3n(c(=O)c12)CCCCC3. The summed E-state index contributed by atoms with van der Waals surface area (Å²) in [4.78, 5) is 35.7. The molecule has 0 radical (unpaired) electrons. The predicted molar refractivity (Wildman–Crippen MR) is 115 cm³/mol. The summed E-state index contributed by atoms with van der Waals surface area (Å²) < 4.78 is 1.83. The number of carbonyl (C=O) groups excluding carboxylic acids is 1. The van der Waals surface area contributed by atoms with E-state index >= 15 is 0 Å². The van der Waals surface area contributed by atoms with Crippen LogP contribution in [0.3, 0.4) is 0 Å². The molecule has 0 fully saturated rings. The molecule has 5 rings (SSSR count). The monoisotopic (exact) mass is 411 g/mol. The molecule has 4 heterocycles. The Morgan fingerprint density at radius 2 is 2.00 bits per heavy atom. The van der Waals surface area contributed by atoms with E-state index in [4.69, 9.17) is 4.98 Å². The molecule has 0 aliphatic carbocycles. The van der Waals surface area contributed by atoms with Gasteiger partial charge in [-0.15, -0.1) is 23.1 Å². The van der Waals surface area contributed by atoms with Crippen molar-refractivity contribution in [3.05, 3.63) is 50.9 Å². The van der Waals surface area contributed by atoms with Crippen molar-refractivity contribution in [1.29, 1.82) is 0 Å². The lowest BCUT2D eigenvalue weighted by Gasteiger charge is -2.28. The van der Waals surface area contributed by atoms with Crippen molar-refractivity contribution < 1.29 is 4.79 Å². The maximum Gasteiger partial charge on any atom is 0.268 e. The largest absolute Gasteiger partial charge is 0.306 e. The second kappa shape index (κ2) is 7.04. The number of benzene rings is 1. The number of thioether (sulfide) groups is 1. The van der Waals surface area contributed by atoms with Crippen molar-refractivity contribution >= 4 is 44.9 Å². The molecular formula is C21H21N3O2S2. The number of carbonyl (C=O) groups is 1. The van der Waals surface area contributed by atoms with Crippen molar-refractivity contribution in [1.82, 2.24) is 9.55 Å². The van der Waals surface area contributed by atoms with E-state index in [1.165, 1.54) is 11.3 Å². The Hall–Kier alpha value is -2.12. The molecule has 0 atom stereocenters. The Kier molecular flexibility index (Phi) is 4.51. The fourth-order valence-corrected chi connectivity index (χ4v) is 6.25. The van der Waals surface area contributed by atoms with Crippen molar-refractivity contribution in [3.63, 3.8) is 0 Å². The van der Waals surface area contributed by atoms with Crippen molar-refractivity contribution in [2.45, 2.75) is 44.0 Å². The molecule has 2 aliphatic heterocycles. The normalized spacial score (nSPS) is 16.5. The number of amides is 1. The van der Waals surface area contributed by atoms with Crippen LogP contribution in [0.2, 0.25) is 0 Å². The van der Waals surface area contributed by atoms with Crippen LogP contribution >= 0.6 is 23.1 Å². The lowest BCUT2D eigenvalue weighted by Crippen LogP contribution is -2.35. The third-order valence-electron chi connectivity index (χ3n) is 5.58. The highest BCUT2D eigenvalue weighted by molar-refractivity contribution is 7.99. The van der Waals surface area contributed by atoms with E-state index in [1.807, 2.05) is 34.6 Å². The lowest BCUT2D eigenvalue weighted by atomic mass is 10.2. The van der Waals surface area contributed by atoms with E-state index in [9.17, 15) is 9.59 Å². The summed E-state index contributed by atoms with van der Waals surface area (Å²) in [5, 5.41) is 0.624. The van der Waals surface area contributed by atoms with Gasteiger partial charge in [-0.1, -0.05) is 18.6 Å². The van der Waals surface area contributed by atoms with Crippen LogP contribution in [0.1, 0.15) is 40.3 Å². The van der Waals surface area contributed by atoms with Crippen molar-refractivity contribution in [2.24, 2.45) is 0 Å². The van der Waals surface area contributed by atoms with Crippen LogP contribution in [-0.2, 0) is 13.0 Å². The summed E-state index contributed by atoms with van der Waals surface area (Å²) in [5.41, 5.74) is 1.75. The Morgan fingerprint density at radius 3 is 2.89 bits per heavy atom. The molecule has 7 heteroatoms. The third kappa shape index (κ3) is 2.79. The zero-order valence-corrected chi connectivity index (χ0v) is 17.4. The van der Waals surface area contributed by atoms with Crippen LogP contribution in [0.25, 0.3) is 10.2 Å². The molecule has 3 aromatic rings. The van der Waals surface area contributed by atoms with Gasteiger partial charge < -0.3 is 4.90 Å². The minimum absolute atomic E-state index is 0.0179. The molecule has 2 aliphatic rings. The van der Waals surface area contributed by atoms with E-state index < -0.39 is 0 Å². The van der Waals surface area contributed by atoms with E-state index in [2.05, 4.69) is 6.07 Å². The van der Waals surface area contributed by atoms with Gasteiger partial charge in [0.25, 0.3) is 11.5 Å². The van der Waals surface area contributed by atoms with Crippen molar-refractivity contribution in [3.8, 4) is 0 Å². The van der Waals surface area contributed by atoms with Gasteiger partial charge in [-0.05, 0) is 37.5 Å². The van der Waals surface area contributed by atoms with Crippen molar-refractivity contribution in [2.75, 3.05) is 17.2 Å². The summed E-state index contributed by atoms with van der Waals surface area (Å²) in [5.74, 6) is 1.73. The van der Waals surface area contributed by atoms with Gasteiger partial charge in [-0.3, -0.25) is 14.2 Å². The van der Waals surface area contributed by atoms with Crippen LogP contribution in [0.4, 0.5) is 5.69 Å². The van der Waals surface area contributed by atoms with Crippen LogP contribution in [0.5, 0.6) is 0 Å². The number of hydrogen-bond donors (Lipinski definition) is 0. The summed E-state index contributed by atoms with van der Waals surface area (Å²) in [6.07, 6.45) is 4.04. The van der Waals surface area contributed by atoms with Crippen LogP contribution in [-0.4, -0.2) is 27.8 Å². The van der Waals surface area contributed by atoms with Gasteiger partial charge in [0.1, 0.15) is 10.7 Å². The minimum Gasteiger partial charge on any atom is -0.306 e. The predicted octanol–water partition coefficient (Wildman–Crippen LogP) is 4.25. The van der Waals surface area contributed by atoms with E-state index in [0.29, 0.717) is 21.6 Å². The van der Waals surface area contributed by atoms with E-state index in [1.54, 1.807) is 11.8 Å². The number of fused-ring (bicyclic) bond motifs is 3. The van der Waals surface area contributed by atoms with Gasteiger partial charge in [0.2, 0.25) is 0 Å². The Balaban J connectivity index is 1.63. The van der Waals surface area contributed by atoms with Gasteiger partial charge in [0, 0.05) is 30.2 Å². The summed E-state index contributed by atoms with van der Waals surface area (Å²) in [7, 11) is 0. The molecule has 5 nitrogen and oxygen atoms in total. The fraction of sp³-hybridized carbons (Fsp3) is 0.381. The van der Waals surface area contributed by atoms with Gasteiger partial charge in [0.05, 0.1) is 16.0 Å². The number of rotatable bonds is 1. The first-order chi connectivity index (χ1) is 13.6. The molecule has 1 aromatic carbocycles. The number of anilines is 1. The number of para-hydroxylation sites is 1. The molecule has 0 bridgehead atoms. The highest BCUT2D eigenvalue weighted by Gasteiger charge is 2.28. The van der Waals surface area contributed by atoms with Gasteiger partial charge in [0.15, 0.2) is 0 Å². The first kappa shape index (κ1) is 17.9. The van der Waals surface area contributed by atoms with Gasteiger partial charge in [-0.2, -0.15) is 0 Å². The number of nitrogens with zero attached hydrogens (tertiary/aromatic N) is 3. The summed E-state index contributed by atoms with van der Waals surface area (Å²) in [6.45, 7) is 3.30. The second-order valence-corrected chi connectivity index (χ2v) is 9.44. The molecule has 0 unspecified atom stereocenters. The Bertz CT molecular complexity index is 1150. The topological polar surface area (TPSA) is 55.2 Å². The molecule has 0 spiro atoms. The Morgan fingerprint density at radius 1 is 1.14 bits per heavy atom. The first-order valence-corrected chi connectivity index (χ1v) is 11.5. The van der Waals surface area contributed by atoms with E-state index in [-0.39, 0.29) is 11.5 Å². The first-order valence-electron chi connectivity index (χ1n) is 9.71. The zero-order chi connectivity index (χ0) is 19.3. The lowest BCUT2D eigenvalue weighted by molar-refractivity contribution is 0.0991. The summed E-state index contributed by atoms with van der Waals surface area (Å²) in [6, 6.07) is 8.02. The molecule has 28 heavy (non-hydrogen) atoms. The number of hydrogen-bond acceptors (Lipinski definition) is 5. The van der Waals surface area contributed by atoms with Crippen LogP contribution in [0.15, 0.2) is 34.0 Å². The maximum absolute atomic E-state index is 13.4. The molecular weight excluding hydrogens is 390 g/mol. The molecule has 1 amide bonds. The molecule has 144 valence electrons. The van der Waals surface area contributed by atoms with Crippen LogP contribution in [0, 0.1) is 6.92 Å². The standard InChI is InChI=1S/C21H21N3O2S2/c1-13-17-19(22-16-9-3-2-6-10-24(16)20(17)25)28-18(13)21(26)23-11-12-27-15-8-5-4-7-14(15)23/h4-5,7-8H,2-3,6,9-12H2,1H3. The van der Waals surface area contributed by atoms with Crippen LogP contribution < -0.4 is 10.5 Å². The Labute approximate surface area is 171 Å². The molecule has 0 saturated heterocycles. The number of thiophene rings is 1. The van der Waals surface area contributed by atoms with Gasteiger partial charge >= 0.3 is 0 Å². The highest BCUT2D eigenvalue weighted by Crippen LogP contribution is 2.37. The smallest absolute Gasteiger partial charge is 0.268 e. The van der Waals surface area contributed by atoms with Gasteiger partial charge in [-0.25, -0.2) is 4.98 Å². The molecule has 0 saturated carbocycles. The quantitative estimate of drug-likeness (QED) is 0.601. The highest BCUT2D eigenvalue weighted by atomic mass is 32.2. The zero-order valence-electron chi connectivity index (χ0n) is 15.7. The second-order valence-electron chi connectivity index (χ2n) is 7.30. The average molecular weight is 412 g/mol.